The van der Waals surface area contributed by atoms with Gasteiger partial charge in [-0.25, -0.2) is 9.54 Å². The molecule has 0 saturated heterocycles. The van der Waals surface area contributed by atoms with E-state index in [0.717, 1.165) is 27.9 Å². The van der Waals surface area contributed by atoms with Crippen LogP contribution >= 0.6 is 7.05 Å². The summed E-state index contributed by atoms with van der Waals surface area (Å²) in [6.07, 6.45) is 6.64. The van der Waals surface area contributed by atoms with Crippen molar-refractivity contribution in [1.29, 1.82) is 0 Å². The fourth-order valence-corrected chi connectivity index (χ4v) is 7.70. The molecule has 0 aliphatic heterocycles. The average Bonchev–Trinajstić information content (AvgIpc) is 2.97. The zero-order valence-corrected chi connectivity index (χ0v) is 22.2. The second-order valence-corrected chi connectivity index (χ2v) is 11.5. The fourth-order valence-electron chi connectivity index (χ4n) is 4.18. The van der Waals surface area contributed by atoms with Crippen LogP contribution < -0.4 is 15.9 Å². The molecule has 4 aromatic rings. The molecule has 0 atom stereocenters. The number of carbonyl (C=O) groups is 1. The number of hydrogen-bond acceptors (Lipinski definition) is 3. The quantitative estimate of drug-likeness (QED) is 0.108. The van der Waals surface area contributed by atoms with Gasteiger partial charge in [-0.05, 0) is 30.5 Å². The van der Waals surface area contributed by atoms with Gasteiger partial charge in [0, 0.05) is 15.9 Å². The lowest BCUT2D eigenvalue weighted by Crippen LogP contribution is -2.26. The third-order valence-corrected chi connectivity index (χ3v) is 9.71. The van der Waals surface area contributed by atoms with Gasteiger partial charge < -0.3 is 4.74 Å². The first kappa shape index (κ1) is 26.1. The van der Waals surface area contributed by atoms with Gasteiger partial charge in [0.05, 0.1) is 13.7 Å². The summed E-state index contributed by atoms with van der Waals surface area (Å²) in [7, 11) is -2.59. The molecule has 0 amide bonds. The van der Waals surface area contributed by atoms with Crippen molar-refractivity contribution in [2.75, 3.05) is 6.61 Å². The summed E-state index contributed by atoms with van der Waals surface area (Å²) in [6.45, 7) is 4.23. The second kappa shape index (κ2) is 12.9. The number of nitrogens with zero attached hydrogens (tertiary/aromatic N) is 1. The number of aryl methyl sites for hydroxylation is 1. The Kier molecular flexibility index (Phi) is 9.08. The Morgan fingerprint density at radius 2 is 1.22 bits per heavy atom. The van der Waals surface area contributed by atoms with E-state index in [9.17, 15) is 4.79 Å². The van der Waals surface area contributed by atoms with Crippen LogP contribution in [0.5, 0.6) is 0 Å². The molecule has 0 aliphatic carbocycles. The first-order valence-electron chi connectivity index (χ1n) is 12.6. The predicted molar refractivity (Wildman–Crippen MR) is 157 cm³/mol. The molecule has 0 fully saturated rings. The Bertz CT molecular complexity index is 1300. The van der Waals surface area contributed by atoms with Crippen molar-refractivity contribution in [3.05, 3.63) is 144 Å². The first-order valence-corrected chi connectivity index (χ1v) is 14.3. The van der Waals surface area contributed by atoms with Crippen LogP contribution in [0.1, 0.15) is 25.0 Å². The van der Waals surface area contributed by atoms with Crippen LogP contribution in [0.25, 0.3) is 6.08 Å². The SMILES string of the molecule is CCOC(=O)/C(=C\C=C\c1ccc(CC)cc1)N=P(c1ccccc1)(c1ccccc1)c1ccccc1. The van der Waals surface area contributed by atoms with Gasteiger partial charge in [0.1, 0.15) is 5.70 Å². The van der Waals surface area contributed by atoms with Crippen LogP contribution in [0.2, 0.25) is 0 Å². The molecule has 4 aromatic carbocycles. The van der Waals surface area contributed by atoms with E-state index < -0.39 is 13.0 Å². The summed E-state index contributed by atoms with van der Waals surface area (Å²) in [5.74, 6) is -0.430. The number of allylic oxidation sites excluding steroid dienone is 2. The highest BCUT2D eigenvalue weighted by molar-refractivity contribution is 7.87. The Hall–Kier alpha value is -3.94. The van der Waals surface area contributed by atoms with Gasteiger partial charge in [-0.2, -0.15) is 0 Å². The van der Waals surface area contributed by atoms with Crippen LogP contribution in [0.3, 0.4) is 0 Å². The minimum absolute atomic E-state index is 0.279. The lowest BCUT2D eigenvalue weighted by Gasteiger charge is -2.27. The lowest BCUT2D eigenvalue weighted by atomic mass is 10.1. The van der Waals surface area contributed by atoms with Crippen molar-refractivity contribution in [2.24, 2.45) is 4.74 Å². The third-order valence-electron chi connectivity index (χ3n) is 6.06. The summed E-state index contributed by atoms with van der Waals surface area (Å²) < 4.78 is 10.8. The fraction of sp³-hybridized carbons (Fsp3) is 0.121. The van der Waals surface area contributed by atoms with E-state index in [0.29, 0.717) is 5.70 Å². The van der Waals surface area contributed by atoms with Crippen LogP contribution in [-0.2, 0) is 16.0 Å². The molecule has 0 spiro atoms. The summed E-state index contributed by atoms with van der Waals surface area (Å²) in [4.78, 5) is 13.2. The summed E-state index contributed by atoms with van der Waals surface area (Å²) in [5.41, 5.74) is 2.65. The monoisotopic (exact) mass is 505 g/mol. The summed E-state index contributed by atoms with van der Waals surface area (Å²) >= 11 is 0. The van der Waals surface area contributed by atoms with Crippen molar-refractivity contribution in [2.45, 2.75) is 20.3 Å². The summed E-state index contributed by atoms with van der Waals surface area (Å²) in [5, 5.41) is 3.21. The predicted octanol–water partition coefficient (Wildman–Crippen LogP) is 6.89. The molecule has 37 heavy (non-hydrogen) atoms. The maximum Gasteiger partial charge on any atom is 0.356 e. The highest BCUT2D eigenvalue weighted by atomic mass is 31.2. The number of hydrogen-bond donors (Lipinski definition) is 0. The number of ether oxygens (including phenoxy) is 1. The molecule has 3 nitrogen and oxygen atoms in total. The summed E-state index contributed by atoms with van der Waals surface area (Å²) in [6, 6.07) is 39.2. The average molecular weight is 506 g/mol. The van der Waals surface area contributed by atoms with E-state index >= 15 is 0 Å². The molecule has 0 unspecified atom stereocenters. The molecular formula is C33H32NO2P. The minimum atomic E-state index is -2.59. The molecule has 0 saturated carbocycles. The number of carbonyl (C=O) groups excluding carboxylic acids is 1. The molecule has 0 bridgehead atoms. The number of benzene rings is 4. The van der Waals surface area contributed by atoms with E-state index in [1.54, 1.807) is 6.08 Å². The van der Waals surface area contributed by atoms with Crippen LogP contribution in [0.4, 0.5) is 0 Å². The van der Waals surface area contributed by atoms with Crippen molar-refractivity contribution >= 4 is 35.0 Å². The molecule has 0 aromatic heterocycles. The van der Waals surface area contributed by atoms with Crippen LogP contribution in [0.15, 0.2) is 138 Å². The van der Waals surface area contributed by atoms with E-state index in [1.807, 2.05) is 73.7 Å². The molecule has 4 rings (SSSR count). The van der Waals surface area contributed by atoms with Gasteiger partial charge in [-0.1, -0.05) is 134 Å². The normalized spacial score (nSPS) is 11.9. The molecule has 186 valence electrons. The molecular weight excluding hydrogens is 473 g/mol. The smallest absolute Gasteiger partial charge is 0.356 e. The molecule has 0 N–H and O–H groups in total. The Morgan fingerprint density at radius 3 is 1.65 bits per heavy atom. The lowest BCUT2D eigenvalue weighted by molar-refractivity contribution is -0.138. The highest BCUT2D eigenvalue weighted by Crippen LogP contribution is 2.47. The highest BCUT2D eigenvalue weighted by Gasteiger charge is 2.29. The van der Waals surface area contributed by atoms with Crippen LogP contribution in [0, 0.1) is 0 Å². The molecule has 0 radical (unpaired) electrons. The van der Waals surface area contributed by atoms with Crippen LogP contribution in [-0.4, -0.2) is 12.6 Å². The second-order valence-electron chi connectivity index (χ2n) is 8.47. The van der Waals surface area contributed by atoms with Gasteiger partial charge >= 0.3 is 5.97 Å². The topological polar surface area (TPSA) is 38.7 Å². The molecule has 0 aliphatic rings. The third kappa shape index (κ3) is 6.25. The maximum atomic E-state index is 13.2. The van der Waals surface area contributed by atoms with Gasteiger partial charge in [0.25, 0.3) is 0 Å². The zero-order chi connectivity index (χ0) is 25.9. The van der Waals surface area contributed by atoms with E-state index in [-0.39, 0.29) is 6.61 Å². The molecule has 0 heterocycles. The Balaban J connectivity index is 1.96. The maximum absolute atomic E-state index is 13.2. The zero-order valence-electron chi connectivity index (χ0n) is 21.3. The Morgan fingerprint density at radius 1 is 0.730 bits per heavy atom. The van der Waals surface area contributed by atoms with E-state index in [1.165, 1.54) is 5.56 Å². The van der Waals surface area contributed by atoms with E-state index in [2.05, 4.69) is 67.6 Å². The number of rotatable bonds is 9. The van der Waals surface area contributed by atoms with Crippen molar-refractivity contribution in [1.82, 2.24) is 0 Å². The van der Waals surface area contributed by atoms with Gasteiger partial charge in [-0.15, -0.1) is 0 Å². The molecule has 4 heteroatoms. The largest absolute Gasteiger partial charge is 0.461 e. The van der Waals surface area contributed by atoms with E-state index in [4.69, 9.17) is 9.48 Å². The standard InChI is InChI=1S/C33H32NO2P/c1-3-27-23-25-28(26-24-27)15-14-22-32(33(35)36-4-2)34-37(29-16-8-5-9-17-29,30-18-10-6-11-19-30)31-20-12-7-13-21-31/h5-26H,3-4H2,1-2H3/b15-14+,32-22+. The van der Waals surface area contributed by atoms with Crippen molar-refractivity contribution in [3.63, 3.8) is 0 Å². The van der Waals surface area contributed by atoms with Crippen molar-refractivity contribution in [3.8, 4) is 0 Å². The van der Waals surface area contributed by atoms with Crippen molar-refractivity contribution < 1.29 is 9.53 Å². The minimum Gasteiger partial charge on any atom is -0.461 e. The first-order chi connectivity index (χ1) is 18.2. The van der Waals surface area contributed by atoms with Gasteiger partial charge in [0.2, 0.25) is 0 Å². The van der Waals surface area contributed by atoms with Gasteiger partial charge in [-0.3, -0.25) is 0 Å². The number of esters is 1. The Labute approximate surface area is 220 Å². The van der Waals surface area contributed by atoms with Gasteiger partial charge in [0.15, 0.2) is 0 Å².